The minimum absolute atomic E-state index is 0.0481. The summed E-state index contributed by atoms with van der Waals surface area (Å²) in [6, 6.07) is 30.6. The second-order valence-corrected chi connectivity index (χ2v) is 20.6. The summed E-state index contributed by atoms with van der Waals surface area (Å²) in [5.74, 6) is 0.0181. The maximum Gasteiger partial charge on any atom is 0.338 e. The van der Waals surface area contributed by atoms with Crippen LogP contribution in [0.3, 0.4) is 0 Å². The summed E-state index contributed by atoms with van der Waals surface area (Å²) in [4.78, 5) is 28.2. The van der Waals surface area contributed by atoms with Gasteiger partial charge in [0.1, 0.15) is 17.5 Å². The lowest BCUT2D eigenvalue weighted by atomic mass is 9.58. The minimum atomic E-state index is -2.88. The van der Waals surface area contributed by atoms with Crippen LogP contribution in [-0.2, 0) is 18.7 Å². The molecule has 5 nitrogen and oxygen atoms in total. The minimum Gasteiger partial charge on any atom is -0.453 e. The zero-order chi connectivity index (χ0) is 35.0. The van der Waals surface area contributed by atoms with E-state index in [0.717, 1.165) is 12.8 Å². The number of fused-ring (bicyclic) bond motifs is 5. The van der Waals surface area contributed by atoms with E-state index < -0.39 is 13.9 Å². The van der Waals surface area contributed by atoms with Crippen LogP contribution in [0.1, 0.15) is 84.5 Å². The maximum atomic E-state index is 14.5. The van der Waals surface area contributed by atoms with Gasteiger partial charge in [-0.15, -0.1) is 0 Å². The number of ether oxygens (including phenoxy) is 2. The summed E-state index contributed by atoms with van der Waals surface area (Å²) < 4.78 is 21.2. The highest BCUT2D eigenvalue weighted by Gasteiger charge is 2.62. The van der Waals surface area contributed by atoms with Crippen molar-refractivity contribution in [3.05, 3.63) is 108 Å². The second-order valence-electron chi connectivity index (χ2n) is 16.3. The average molecular weight is 679 g/mol. The highest BCUT2D eigenvalue weighted by atomic mass is 28.4. The number of carbonyl (C=O) groups excluding carboxylic acids is 2. The molecule has 2 aliphatic heterocycles. The van der Waals surface area contributed by atoms with Crippen LogP contribution in [0, 0.1) is 29.6 Å². The van der Waals surface area contributed by atoms with Crippen LogP contribution >= 0.6 is 0 Å². The molecule has 2 bridgehead atoms. The van der Waals surface area contributed by atoms with E-state index in [9.17, 15) is 9.59 Å². The SMILES string of the molecule is C/C1=C/CC[C@@](C)(OC(=O)c2ccccc2)[C@@H]2O[C@H](C1)[C@@H]1[C@H]2[C@@H](C(C)C)CC(=O)[C@H]1CO[Si](c1ccccc1)(c1ccccc1)C(C)(C)C. The highest BCUT2D eigenvalue weighted by molar-refractivity contribution is 6.99. The van der Waals surface area contributed by atoms with Gasteiger partial charge in [-0.25, -0.2) is 4.79 Å². The smallest absolute Gasteiger partial charge is 0.338 e. The predicted octanol–water partition coefficient (Wildman–Crippen LogP) is 8.17. The Morgan fingerprint density at radius 3 is 2.02 bits per heavy atom. The molecule has 6 heteroatoms. The number of Topliss-reactive ketones (excluding diaryl/α,β-unsaturated/α-hetero) is 1. The van der Waals surface area contributed by atoms with Crippen molar-refractivity contribution >= 4 is 30.4 Å². The zero-order valence-electron chi connectivity index (χ0n) is 30.4. The van der Waals surface area contributed by atoms with E-state index in [2.05, 4.69) is 115 Å². The van der Waals surface area contributed by atoms with Crippen LogP contribution in [0.15, 0.2) is 103 Å². The Hall–Kier alpha value is -3.32. The van der Waals surface area contributed by atoms with Crippen molar-refractivity contribution in [3.63, 3.8) is 0 Å². The number of allylic oxidation sites excluding steroid dienone is 1. The molecule has 0 spiro atoms. The third kappa shape index (κ3) is 6.76. The summed E-state index contributed by atoms with van der Waals surface area (Å²) in [7, 11) is -2.88. The third-order valence-corrected chi connectivity index (χ3v) is 16.7. The number of benzene rings is 3. The highest BCUT2D eigenvalue weighted by Crippen LogP contribution is 2.55. The van der Waals surface area contributed by atoms with Crippen LogP contribution in [0.4, 0.5) is 0 Å². The van der Waals surface area contributed by atoms with Crippen molar-refractivity contribution in [2.45, 2.75) is 97.0 Å². The van der Waals surface area contributed by atoms with Crippen LogP contribution < -0.4 is 10.4 Å². The van der Waals surface area contributed by atoms with Gasteiger partial charge in [0.15, 0.2) is 0 Å². The zero-order valence-corrected chi connectivity index (χ0v) is 31.4. The van der Waals surface area contributed by atoms with Crippen molar-refractivity contribution < 1.29 is 23.5 Å². The molecule has 1 saturated heterocycles. The van der Waals surface area contributed by atoms with Gasteiger partial charge in [0.05, 0.1) is 11.7 Å². The molecule has 6 rings (SSSR count). The normalized spacial score (nSPS) is 30.0. The lowest BCUT2D eigenvalue weighted by molar-refractivity contribution is -0.138. The summed E-state index contributed by atoms with van der Waals surface area (Å²) in [6.45, 7) is 15.9. The standard InChI is InChI=1S/C43H54O5Si/c1-29(2)34-27-36(44)35(28-46-49(42(4,5)6,32-21-13-9-14-22-32)33-23-15-10-16-24-33)38-37-26-30(3)18-17-25-43(7,40(47-37)39(34)38)48-41(45)31-19-11-8-12-20-31/h8-16,18-24,29,34-35,37-40H,17,25-28H2,1-7H3/b30-18-/t34-,35-,37-,38-,39-,40-,43-/m1/s1. The lowest BCUT2D eigenvalue weighted by Crippen LogP contribution is -2.67. The summed E-state index contributed by atoms with van der Waals surface area (Å²) in [5, 5.41) is 2.21. The van der Waals surface area contributed by atoms with E-state index in [1.54, 1.807) is 12.1 Å². The molecule has 0 N–H and O–H groups in total. The average Bonchev–Trinajstić information content (AvgIpc) is 3.47. The van der Waals surface area contributed by atoms with Crippen molar-refractivity contribution in [3.8, 4) is 0 Å². The molecule has 0 radical (unpaired) electrons. The van der Waals surface area contributed by atoms with Crippen molar-refractivity contribution in [1.29, 1.82) is 0 Å². The second kappa shape index (κ2) is 14.1. The van der Waals surface area contributed by atoms with E-state index in [1.165, 1.54) is 15.9 Å². The quantitative estimate of drug-likeness (QED) is 0.137. The third-order valence-electron chi connectivity index (χ3n) is 11.7. The van der Waals surface area contributed by atoms with Gasteiger partial charge < -0.3 is 13.9 Å². The number of esters is 1. The van der Waals surface area contributed by atoms with Crippen molar-refractivity contribution in [1.82, 2.24) is 0 Å². The number of hydrogen-bond donors (Lipinski definition) is 0. The lowest BCUT2D eigenvalue weighted by Gasteiger charge is -2.48. The van der Waals surface area contributed by atoms with Gasteiger partial charge in [-0.3, -0.25) is 4.79 Å². The number of hydrogen-bond acceptors (Lipinski definition) is 5. The summed E-state index contributed by atoms with van der Waals surface area (Å²) in [5.41, 5.74) is 0.939. The van der Waals surface area contributed by atoms with Gasteiger partial charge in [0.2, 0.25) is 0 Å². The first kappa shape index (κ1) is 35.5. The van der Waals surface area contributed by atoms with Gasteiger partial charge in [-0.05, 0) is 78.4 Å². The molecule has 0 amide bonds. The van der Waals surface area contributed by atoms with Gasteiger partial charge in [-0.2, -0.15) is 0 Å². The molecule has 3 aliphatic rings. The monoisotopic (exact) mass is 678 g/mol. The van der Waals surface area contributed by atoms with Crippen LogP contribution in [-0.4, -0.2) is 44.5 Å². The first-order chi connectivity index (χ1) is 23.4. The molecule has 1 saturated carbocycles. The first-order valence-corrected chi connectivity index (χ1v) is 20.1. The molecule has 1 aliphatic carbocycles. The summed E-state index contributed by atoms with van der Waals surface area (Å²) >= 11 is 0. The van der Waals surface area contributed by atoms with Gasteiger partial charge in [0.25, 0.3) is 8.32 Å². The first-order valence-electron chi connectivity index (χ1n) is 18.2. The maximum absolute atomic E-state index is 14.5. The predicted molar refractivity (Wildman–Crippen MR) is 199 cm³/mol. The van der Waals surface area contributed by atoms with Crippen LogP contribution in [0.25, 0.3) is 0 Å². The largest absolute Gasteiger partial charge is 0.453 e. The molecule has 2 heterocycles. The van der Waals surface area contributed by atoms with Crippen LogP contribution in [0.5, 0.6) is 0 Å². The fraction of sp³-hybridized carbons (Fsp3) is 0.488. The molecule has 260 valence electrons. The van der Waals surface area contributed by atoms with Crippen LogP contribution in [0.2, 0.25) is 5.04 Å². The molecule has 3 aromatic carbocycles. The summed E-state index contributed by atoms with van der Waals surface area (Å²) in [6.07, 6.45) is 4.48. The Balaban J connectivity index is 1.42. The van der Waals surface area contributed by atoms with E-state index in [1.807, 2.05) is 18.2 Å². The molecule has 0 aromatic heterocycles. The number of carbonyl (C=O) groups is 2. The molecule has 2 fully saturated rings. The Bertz CT molecular complexity index is 1590. The van der Waals surface area contributed by atoms with Gasteiger partial charge >= 0.3 is 5.97 Å². The molecule has 49 heavy (non-hydrogen) atoms. The molecular formula is C43H54O5Si. The fourth-order valence-corrected chi connectivity index (χ4v) is 13.9. The van der Waals surface area contributed by atoms with E-state index in [4.69, 9.17) is 13.9 Å². The number of ketones is 1. The van der Waals surface area contributed by atoms with E-state index >= 15 is 0 Å². The topological polar surface area (TPSA) is 61.8 Å². The Morgan fingerprint density at radius 2 is 1.47 bits per heavy atom. The van der Waals surface area contributed by atoms with Gasteiger partial charge in [-0.1, -0.05) is 125 Å². The fourth-order valence-electron chi connectivity index (χ4n) is 9.29. The van der Waals surface area contributed by atoms with Crippen molar-refractivity contribution in [2.24, 2.45) is 29.6 Å². The Morgan fingerprint density at radius 1 is 0.898 bits per heavy atom. The molecule has 0 unspecified atom stereocenters. The van der Waals surface area contributed by atoms with Crippen molar-refractivity contribution in [2.75, 3.05) is 6.61 Å². The van der Waals surface area contributed by atoms with Gasteiger partial charge in [0, 0.05) is 24.9 Å². The molecule has 3 aromatic rings. The van der Waals surface area contributed by atoms with E-state index in [-0.39, 0.29) is 58.6 Å². The Kier molecular flexibility index (Phi) is 10.2. The van der Waals surface area contributed by atoms with E-state index in [0.29, 0.717) is 25.0 Å². The Labute approximate surface area is 294 Å². The number of rotatable bonds is 8. The molecule has 7 atom stereocenters. The molecular weight excluding hydrogens is 625 g/mol.